The number of fused-ring (bicyclic) bond motifs is 3. The molecule has 0 spiro atoms. The van der Waals surface area contributed by atoms with Gasteiger partial charge in [-0.25, -0.2) is 4.98 Å². The van der Waals surface area contributed by atoms with Crippen molar-refractivity contribution in [1.82, 2.24) is 9.55 Å². The molecule has 27 heavy (non-hydrogen) atoms. The third-order valence-electron chi connectivity index (χ3n) is 4.74. The van der Waals surface area contributed by atoms with Gasteiger partial charge in [-0.15, -0.1) is 11.3 Å². The summed E-state index contributed by atoms with van der Waals surface area (Å²) < 4.78 is 1.36. The molecule has 1 aromatic carbocycles. The fraction of sp³-hybridized carbons (Fsp3) is 0.316. The van der Waals surface area contributed by atoms with E-state index >= 15 is 0 Å². The average molecular weight is 422 g/mol. The van der Waals surface area contributed by atoms with Gasteiger partial charge in [-0.05, 0) is 48.9 Å². The van der Waals surface area contributed by atoms with E-state index in [1.54, 1.807) is 29.5 Å². The second-order valence-corrected chi connectivity index (χ2v) is 8.87. The zero-order chi connectivity index (χ0) is 19.1. The zero-order valence-electron chi connectivity index (χ0n) is 14.6. The number of carbonyl (C=O) groups excluding carboxylic acids is 1. The number of benzene rings is 1. The molecule has 1 aliphatic carbocycles. The number of aryl methyl sites for hydroxylation is 1. The van der Waals surface area contributed by atoms with Crippen LogP contribution < -0.4 is 10.9 Å². The van der Waals surface area contributed by atoms with Crippen molar-refractivity contribution in [2.45, 2.75) is 32.7 Å². The molecular formula is C19H17Cl2N3O2S. The predicted molar refractivity (Wildman–Crippen MR) is 110 cm³/mol. The zero-order valence-corrected chi connectivity index (χ0v) is 16.9. The number of halogens is 2. The topological polar surface area (TPSA) is 64.0 Å². The van der Waals surface area contributed by atoms with Crippen molar-refractivity contribution in [2.24, 2.45) is 5.92 Å². The van der Waals surface area contributed by atoms with Gasteiger partial charge in [0.25, 0.3) is 5.56 Å². The monoisotopic (exact) mass is 421 g/mol. The maximum atomic E-state index is 12.9. The smallest absolute Gasteiger partial charge is 0.262 e. The average Bonchev–Trinajstić information content (AvgIpc) is 2.94. The number of nitrogens with zero attached hydrogens (tertiary/aromatic N) is 2. The molecule has 140 valence electrons. The van der Waals surface area contributed by atoms with Crippen LogP contribution in [0.5, 0.6) is 0 Å². The Morgan fingerprint density at radius 3 is 2.81 bits per heavy atom. The Kier molecular flexibility index (Phi) is 4.97. The van der Waals surface area contributed by atoms with Gasteiger partial charge in [0, 0.05) is 20.6 Å². The molecule has 0 fully saturated rings. The van der Waals surface area contributed by atoms with Gasteiger partial charge in [-0.2, -0.15) is 0 Å². The highest BCUT2D eigenvalue weighted by atomic mass is 35.5. The Morgan fingerprint density at radius 1 is 1.33 bits per heavy atom. The summed E-state index contributed by atoms with van der Waals surface area (Å²) in [4.78, 5) is 31.8. The lowest BCUT2D eigenvalue weighted by atomic mass is 9.89. The summed E-state index contributed by atoms with van der Waals surface area (Å²) in [5, 5.41) is 4.24. The molecule has 0 saturated heterocycles. The van der Waals surface area contributed by atoms with Gasteiger partial charge < -0.3 is 5.32 Å². The fourth-order valence-electron chi connectivity index (χ4n) is 3.46. The maximum Gasteiger partial charge on any atom is 0.262 e. The molecule has 5 nitrogen and oxygen atoms in total. The number of carbonyl (C=O) groups is 1. The van der Waals surface area contributed by atoms with E-state index in [0.717, 1.165) is 29.7 Å². The SMILES string of the molecule is C[C@@H]1CCc2c(sc3ncn(CC(=O)Nc4cc(Cl)cc(Cl)c4)c(=O)c23)C1. The molecule has 8 heteroatoms. The van der Waals surface area contributed by atoms with Crippen LogP contribution in [0.1, 0.15) is 23.8 Å². The third-order valence-corrected chi connectivity index (χ3v) is 6.34. The van der Waals surface area contributed by atoms with Crippen molar-refractivity contribution in [1.29, 1.82) is 0 Å². The van der Waals surface area contributed by atoms with Crippen molar-refractivity contribution < 1.29 is 4.79 Å². The molecule has 0 saturated carbocycles. The van der Waals surface area contributed by atoms with Crippen LogP contribution in [0.3, 0.4) is 0 Å². The molecule has 0 bridgehead atoms. The summed E-state index contributed by atoms with van der Waals surface area (Å²) in [6.45, 7) is 2.11. The Labute approximate surface area is 169 Å². The standard InChI is InChI=1S/C19H17Cl2N3O2S/c1-10-2-3-14-15(4-10)27-18-17(14)19(26)24(9-22-18)8-16(25)23-13-6-11(20)5-12(21)7-13/h5-7,9-10H,2-4,8H2,1H3,(H,23,25)/t10-/m1/s1. The summed E-state index contributed by atoms with van der Waals surface area (Å²) in [5.74, 6) is 0.289. The number of hydrogen-bond acceptors (Lipinski definition) is 4. The van der Waals surface area contributed by atoms with Gasteiger partial charge in [0.2, 0.25) is 5.91 Å². The molecule has 2 aromatic heterocycles. The van der Waals surface area contributed by atoms with Crippen molar-refractivity contribution in [2.75, 3.05) is 5.32 Å². The van der Waals surface area contributed by atoms with Crippen molar-refractivity contribution in [3.8, 4) is 0 Å². The van der Waals surface area contributed by atoms with Crippen LogP contribution in [0.25, 0.3) is 10.2 Å². The number of anilines is 1. The van der Waals surface area contributed by atoms with Crippen LogP contribution >= 0.6 is 34.5 Å². The van der Waals surface area contributed by atoms with Crippen LogP contribution in [0.15, 0.2) is 29.3 Å². The highest BCUT2D eigenvalue weighted by Gasteiger charge is 2.23. The number of hydrogen-bond donors (Lipinski definition) is 1. The fourth-order valence-corrected chi connectivity index (χ4v) is 5.33. The number of thiophene rings is 1. The molecule has 2 heterocycles. The highest BCUT2D eigenvalue weighted by Crippen LogP contribution is 2.35. The van der Waals surface area contributed by atoms with Crippen LogP contribution in [-0.2, 0) is 24.2 Å². The summed E-state index contributed by atoms with van der Waals surface area (Å²) in [6.07, 6.45) is 4.40. The first-order chi connectivity index (χ1) is 12.9. The van der Waals surface area contributed by atoms with Gasteiger partial charge in [0.15, 0.2) is 0 Å². The number of aromatic nitrogens is 2. The van der Waals surface area contributed by atoms with Crippen LogP contribution in [-0.4, -0.2) is 15.5 Å². The van der Waals surface area contributed by atoms with E-state index in [1.165, 1.54) is 15.8 Å². The Bertz CT molecular complexity index is 1090. The van der Waals surface area contributed by atoms with E-state index in [-0.39, 0.29) is 18.0 Å². The lowest BCUT2D eigenvalue weighted by Gasteiger charge is -2.17. The van der Waals surface area contributed by atoms with E-state index in [2.05, 4.69) is 17.2 Å². The number of amides is 1. The number of nitrogens with one attached hydrogen (secondary N) is 1. The normalized spacial score (nSPS) is 16.3. The van der Waals surface area contributed by atoms with E-state index in [1.807, 2.05) is 0 Å². The summed E-state index contributed by atoms with van der Waals surface area (Å²) in [5.41, 5.74) is 1.44. The molecular weight excluding hydrogens is 405 g/mol. The van der Waals surface area contributed by atoms with Gasteiger partial charge >= 0.3 is 0 Å². The van der Waals surface area contributed by atoms with Crippen LogP contribution in [0.4, 0.5) is 5.69 Å². The largest absolute Gasteiger partial charge is 0.324 e. The Balaban J connectivity index is 1.61. The summed E-state index contributed by atoms with van der Waals surface area (Å²) in [6, 6.07) is 4.79. The Morgan fingerprint density at radius 2 is 2.07 bits per heavy atom. The first kappa shape index (κ1) is 18.5. The quantitative estimate of drug-likeness (QED) is 0.675. The molecule has 1 atom stereocenters. The van der Waals surface area contributed by atoms with Gasteiger partial charge in [-0.3, -0.25) is 14.2 Å². The first-order valence-corrected chi connectivity index (χ1v) is 10.2. The molecule has 1 amide bonds. The van der Waals surface area contributed by atoms with E-state index in [4.69, 9.17) is 23.2 Å². The summed E-state index contributed by atoms with van der Waals surface area (Å²) >= 11 is 13.5. The van der Waals surface area contributed by atoms with Crippen LogP contribution in [0, 0.1) is 5.92 Å². The minimum atomic E-state index is -0.339. The van der Waals surface area contributed by atoms with Gasteiger partial charge in [0.1, 0.15) is 11.4 Å². The van der Waals surface area contributed by atoms with Gasteiger partial charge in [0.05, 0.1) is 11.7 Å². The van der Waals surface area contributed by atoms with E-state index in [9.17, 15) is 9.59 Å². The molecule has 3 aromatic rings. The second kappa shape index (κ2) is 7.26. The lowest BCUT2D eigenvalue weighted by molar-refractivity contribution is -0.116. The maximum absolute atomic E-state index is 12.9. The van der Waals surface area contributed by atoms with E-state index in [0.29, 0.717) is 27.0 Å². The second-order valence-electron chi connectivity index (χ2n) is 6.92. The predicted octanol–water partition coefficient (Wildman–Crippen LogP) is 4.53. The van der Waals surface area contributed by atoms with Crippen LogP contribution in [0.2, 0.25) is 10.0 Å². The molecule has 0 aliphatic heterocycles. The van der Waals surface area contributed by atoms with Crippen molar-refractivity contribution in [3.05, 3.63) is 55.4 Å². The molecule has 0 unspecified atom stereocenters. The molecule has 0 radical (unpaired) electrons. The molecule has 1 N–H and O–H groups in total. The minimum absolute atomic E-state index is 0.118. The minimum Gasteiger partial charge on any atom is -0.324 e. The van der Waals surface area contributed by atoms with Crippen molar-refractivity contribution in [3.63, 3.8) is 0 Å². The summed E-state index contributed by atoms with van der Waals surface area (Å²) in [7, 11) is 0. The molecule has 1 aliphatic rings. The van der Waals surface area contributed by atoms with Gasteiger partial charge in [-0.1, -0.05) is 30.1 Å². The highest BCUT2D eigenvalue weighted by molar-refractivity contribution is 7.18. The first-order valence-electron chi connectivity index (χ1n) is 8.66. The van der Waals surface area contributed by atoms with Crippen molar-refractivity contribution >= 4 is 56.3 Å². The number of rotatable bonds is 3. The molecule has 4 rings (SSSR count). The third kappa shape index (κ3) is 3.74. The van der Waals surface area contributed by atoms with E-state index < -0.39 is 0 Å². The Hall–Kier alpha value is -1.89. The lowest BCUT2D eigenvalue weighted by Crippen LogP contribution is -2.28.